The molecule has 1 amide bonds. The molecule has 0 aromatic carbocycles. The number of aliphatic hydroxyl groups is 1. The number of nitrogens with one attached hydrogen (secondary N) is 1. The van der Waals surface area contributed by atoms with Gasteiger partial charge in [-0.15, -0.1) is 0 Å². The second-order valence-corrected chi connectivity index (χ2v) is 16.4. The van der Waals surface area contributed by atoms with Crippen molar-refractivity contribution in [1.29, 1.82) is 0 Å². The number of hydrogen-bond acceptors (Lipinski definition) is 6. The molecular formula is C40H79N2O6P. The standard InChI is InChI=1S/C40H79N2O6P/c1-6-8-10-12-14-16-18-19-20-21-22-24-26-28-30-32-34-40(44)41-38(37-48-49(45,46)47-36-35-42(3,4)5)39(43)33-31-29-27-25-23-17-15-13-11-9-7-2/h23,25,31,33,38-39,43H,6-22,24,26-30,32,34-37H2,1-5H3,(H-,41,44,45,46)/b25-23+,33-31+/t38-,39+/m0/s1. The minimum absolute atomic E-state index is 0.00469. The molecule has 0 aromatic rings. The Morgan fingerprint density at radius 1 is 0.694 bits per heavy atom. The summed E-state index contributed by atoms with van der Waals surface area (Å²) in [5, 5.41) is 13.7. The van der Waals surface area contributed by atoms with Gasteiger partial charge in [0.2, 0.25) is 5.91 Å². The largest absolute Gasteiger partial charge is 0.756 e. The third kappa shape index (κ3) is 35.2. The van der Waals surface area contributed by atoms with Crippen molar-refractivity contribution in [2.45, 2.75) is 187 Å². The Hall–Kier alpha value is -1.02. The van der Waals surface area contributed by atoms with Crippen molar-refractivity contribution in [3.8, 4) is 0 Å². The zero-order valence-corrected chi connectivity index (χ0v) is 33.5. The maximum atomic E-state index is 12.8. The number of carbonyl (C=O) groups is 1. The summed E-state index contributed by atoms with van der Waals surface area (Å²) in [5.74, 6) is -0.208. The normalized spacial score (nSPS) is 14.8. The Bertz CT molecular complexity index is 860. The average molecular weight is 715 g/mol. The number of amides is 1. The third-order valence-corrected chi connectivity index (χ3v) is 9.88. The first kappa shape index (κ1) is 48.0. The lowest BCUT2D eigenvalue weighted by Gasteiger charge is -2.29. The lowest BCUT2D eigenvalue weighted by molar-refractivity contribution is -0.870. The lowest BCUT2D eigenvalue weighted by atomic mass is 10.0. The number of likely N-dealkylation sites (N-methyl/N-ethyl adjacent to an activating group) is 1. The fourth-order valence-corrected chi connectivity index (χ4v) is 6.36. The molecule has 3 atom stereocenters. The zero-order chi connectivity index (χ0) is 36.5. The fourth-order valence-electron chi connectivity index (χ4n) is 5.64. The number of carbonyl (C=O) groups excluding carboxylic acids is 1. The Morgan fingerprint density at radius 2 is 1.14 bits per heavy atom. The third-order valence-electron chi connectivity index (χ3n) is 8.91. The number of unbranched alkanes of at least 4 members (excludes halogenated alkanes) is 21. The minimum atomic E-state index is -4.58. The summed E-state index contributed by atoms with van der Waals surface area (Å²) < 4.78 is 23.1. The Labute approximate surface area is 303 Å². The van der Waals surface area contributed by atoms with Crippen molar-refractivity contribution in [1.82, 2.24) is 5.32 Å². The van der Waals surface area contributed by atoms with Gasteiger partial charge in [-0.05, 0) is 32.1 Å². The van der Waals surface area contributed by atoms with Crippen LogP contribution in [0.25, 0.3) is 0 Å². The van der Waals surface area contributed by atoms with Crippen LogP contribution < -0.4 is 10.2 Å². The Kier molecular flexibility index (Phi) is 32.2. The lowest BCUT2D eigenvalue weighted by Crippen LogP contribution is -2.45. The van der Waals surface area contributed by atoms with Crippen molar-refractivity contribution < 1.29 is 32.9 Å². The number of aliphatic hydroxyl groups excluding tert-OH is 1. The van der Waals surface area contributed by atoms with Gasteiger partial charge in [0, 0.05) is 6.42 Å². The summed E-state index contributed by atoms with van der Waals surface area (Å²) in [6.45, 7) is 4.59. The molecule has 49 heavy (non-hydrogen) atoms. The monoisotopic (exact) mass is 715 g/mol. The maximum absolute atomic E-state index is 12.8. The summed E-state index contributed by atoms with van der Waals surface area (Å²) in [5.41, 5.74) is 0. The van der Waals surface area contributed by atoms with Crippen LogP contribution in [0.2, 0.25) is 0 Å². The number of hydrogen-bond donors (Lipinski definition) is 2. The van der Waals surface area contributed by atoms with Crippen molar-refractivity contribution in [2.75, 3.05) is 40.9 Å². The first-order valence-corrected chi connectivity index (χ1v) is 21.7. The van der Waals surface area contributed by atoms with E-state index in [2.05, 4.69) is 31.3 Å². The highest BCUT2D eigenvalue weighted by Gasteiger charge is 2.23. The molecule has 0 fully saturated rings. The van der Waals surface area contributed by atoms with Crippen LogP contribution in [-0.4, -0.2) is 68.5 Å². The summed E-state index contributed by atoms with van der Waals surface area (Å²) in [4.78, 5) is 25.2. The first-order chi connectivity index (χ1) is 23.5. The fraction of sp³-hybridized carbons (Fsp3) is 0.875. The molecule has 0 aliphatic heterocycles. The van der Waals surface area contributed by atoms with Crippen molar-refractivity contribution in [3.05, 3.63) is 24.3 Å². The molecule has 0 aliphatic rings. The van der Waals surface area contributed by atoms with Crippen LogP contribution in [0, 0.1) is 0 Å². The van der Waals surface area contributed by atoms with E-state index in [1.165, 1.54) is 116 Å². The predicted octanol–water partition coefficient (Wildman–Crippen LogP) is 9.94. The Balaban J connectivity index is 4.47. The zero-order valence-electron chi connectivity index (χ0n) is 32.6. The predicted molar refractivity (Wildman–Crippen MR) is 205 cm³/mol. The number of quaternary nitrogens is 1. The van der Waals surface area contributed by atoms with Crippen LogP contribution in [0.3, 0.4) is 0 Å². The van der Waals surface area contributed by atoms with E-state index in [-0.39, 0.29) is 19.1 Å². The summed E-state index contributed by atoms with van der Waals surface area (Å²) in [6, 6.07) is -0.896. The molecule has 0 aliphatic carbocycles. The molecule has 0 radical (unpaired) electrons. The van der Waals surface area contributed by atoms with E-state index in [4.69, 9.17) is 9.05 Å². The molecule has 0 rings (SSSR count). The second kappa shape index (κ2) is 32.9. The molecule has 0 aromatic heterocycles. The first-order valence-electron chi connectivity index (χ1n) is 20.2. The molecule has 9 heteroatoms. The van der Waals surface area contributed by atoms with E-state index in [0.717, 1.165) is 38.5 Å². The molecule has 0 bridgehead atoms. The number of rotatable bonds is 36. The van der Waals surface area contributed by atoms with E-state index < -0.39 is 20.0 Å². The summed E-state index contributed by atoms with van der Waals surface area (Å²) in [6.07, 6.45) is 36.5. The van der Waals surface area contributed by atoms with E-state index in [0.29, 0.717) is 17.4 Å². The van der Waals surface area contributed by atoms with E-state index in [1.807, 2.05) is 27.2 Å². The van der Waals surface area contributed by atoms with E-state index in [1.54, 1.807) is 6.08 Å². The van der Waals surface area contributed by atoms with Crippen LogP contribution in [0.15, 0.2) is 24.3 Å². The highest BCUT2D eigenvalue weighted by Crippen LogP contribution is 2.38. The van der Waals surface area contributed by atoms with Crippen LogP contribution in [0.5, 0.6) is 0 Å². The minimum Gasteiger partial charge on any atom is -0.756 e. The van der Waals surface area contributed by atoms with Gasteiger partial charge in [-0.2, -0.15) is 0 Å². The number of allylic oxidation sites excluding steroid dienone is 3. The van der Waals surface area contributed by atoms with E-state index in [9.17, 15) is 19.4 Å². The van der Waals surface area contributed by atoms with E-state index >= 15 is 0 Å². The maximum Gasteiger partial charge on any atom is 0.268 e. The topological polar surface area (TPSA) is 108 Å². The Morgan fingerprint density at radius 3 is 1.65 bits per heavy atom. The van der Waals surface area contributed by atoms with Crippen LogP contribution in [0.1, 0.15) is 174 Å². The number of phosphoric acid groups is 1. The van der Waals surface area contributed by atoms with Gasteiger partial charge in [0.15, 0.2) is 0 Å². The number of phosphoric ester groups is 1. The molecule has 0 saturated heterocycles. The van der Waals surface area contributed by atoms with Crippen molar-refractivity contribution in [3.63, 3.8) is 0 Å². The molecule has 0 saturated carbocycles. The van der Waals surface area contributed by atoms with Crippen molar-refractivity contribution in [2.24, 2.45) is 0 Å². The average Bonchev–Trinajstić information content (AvgIpc) is 3.04. The van der Waals surface area contributed by atoms with Crippen LogP contribution in [0.4, 0.5) is 0 Å². The molecule has 290 valence electrons. The van der Waals surface area contributed by atoms with Gasteiger partial charge in [-0.1, -0.05) is 160 Å². The SMILES string of the molecule is CCCCCCC/C=C/CC/C=C/[C@@H](O)[C@H](COP(=O)([O-])OCC[N+](C)(C)C)NC(=O)CCCCCCCCCCCCCCCCCC. The van der Waals surface area contributed by atoms with Crippen LogP contribution in [-0.2, 0) is 18.4 Å². The molecule has 2 N–H and O–H groups in total. The van der Waals surface area contributed by atoms with Gasteiger partial charge in [0.05, 0.1) is 39.9 Å². The van der Waals surface area contributed by atoms with Crippen LogP contribution >= 0.6 is 7.82 Å². The smallest absolute Gasteiger partial charge is 0.268 e. The van der Waals surface area contributed by atoms with Gasteiger partial charge < -0.3 is 28.8 Å². The molecule has 0 heterocycles. The molecule has 8 nitrogen and oxygen atoms in total. The molecule has 0 spiro atoms. The molecular weight excluding hydrogens is 635 g/mol. The van der Waals surface area contributed by atoms with Gasteiger partial charge in [0.25, 0.3) is 7.82 Å². The second-order valence-electron chi connectivity index (χ2n) is 15.0. The molecule has 1 unspecified atom stereocenters. The van der Waals surface area contributed by atoms with Gasteiger partial charge >= 0.3 is 0 Å². The summed E-state index contributed by atoms with van der Waals surface area (Å²) in [7, 11) is 1.24. The van der Waals surface area contributed by atoms with Gasteiger partial charge in [-0.3, -0.25) is 9.36 Å². The summed E-state index contributed by atoms with van der Waals surface area (Å²) >= 11 is 0. The van der Waals surface area contributed by atoms with Gasteiger partial charge in [0.1, 0.15) is 13.2 Å². The highest BCUT2D eigenvalue weighted by molar-refractivity contribution is 7.45. The quantitative estimate of drug-likeness (QED) is 0.0290. The number of nitrogens with zero attached hydrogens (tertiary/aromatic N) is 1. The highest BCUT2D eigenvalue weighted by atomic mass is 31.2. The van der Waals surface area contributed by atoms with Gasteiger partial charge in [-0.25, -0.2) is 0 Å². The van der Waals surface area contributed by atoms with Crippen molar-refractivity contribution >= 4 is 13.7 Å².